The van der Waals surface area contributed by atoms with Crippen LogP contribution in [-0.2, 0) is 16.2 Å². The molecule has 7 heteroatoms. The molecule has 0 aliphatic heterocycles. The van der Waals surface area contributed by atoms with E-state index in [0.29, 0.717) is 24.5 Å². The van der Waals surface area contributed by atoms with Gasteiger partial charge in [0.05, 0.1) is 18.4 Å². The molecule has 0 radical (unpaired) electrons. The van der Waals surface area contributed by atoms with Gasteiger partial charge in [-0.3, -0.25) is 4.84 Å². The van der Waals surface area contributed by atoms with Crippen molar-refractivity contribution >= 4 is 11.7 Å². The van der Waals surface area contributed by atoms with Gasteiger partial charge in [-0.2, -0.15) is 0 Å². The highest BCUT2D eigenvalue weighted by Gasteiger charge is 2.08. The van der Waals surface area contributed by atoms with Gasteiger partial charge in [-0.1, -0.05) is 12.1 Å². The first kappa shape index (κ1) is 19.4. The molecule has 0 fully saturated rings. The molecule has 0 spiro atoms. The van der Waals surface area contributed by atoms with Gasteiger partial charge < -0.3 is 22.3 Å². The average molecular weight is 351 g/mol. The zero-order valence-electron chi connectivity index (χ0n) is 13.5. The van der Waals surface area contributed by atoms with Gasteiger partial charge >= 0.3 is 5.97 Å². The van der Waals surface area contributed by atoms with Crippen molar-refractivity contribution in [2.75, 3.05) is 6.61 Å². The predicted molar refractivity (Wildman–Crippen MR) is 83.8 cm³/mol. The third-order valence-corrected chi connectivity index (χ3v) is 3.06. The number of rotatable bonds is 6. The Balaban J connectivity index is 0.00000288. The van der Waals surface area contributed by atoms with Crippen LogP contribution < -0.4 is 17.6 Å². The molecule has 1 aromatic heterocycles. The van der Waals surface area contributed by atoms with Crippen LogP contribution in [0.1, 0.15) is 35.5 Å². The lowest BCUT2D eigenvalue weighted by molar-refractivity contribution is -0.758. The summed E-state index contributed by atoms with van der Waals surface area (Å²) in [5.41, 5.74) is 2.84. The van der Waals surface area contributed by atoms with E-state index in [-0.39, 0.29) is 24.1 Å². The van der Waals surface area contributed by atoms with E-state index in [2.05, 4.69) is 10.1 Å². The number of nitrogens with one attached hydrogen (secondary N) is 1. The summed E-state index contributed by atoms with van der Waals surface area (Å²) < 4.78 is 4.93. The smallest absolute Gasteiger partial charge is 0.338 e. The lowest BCUT2D eigenvalue weighted by Gasteiger charge is -2.02. The molecule has 0 amide bonds. The number of esters is 1. The number of carbonyl (C=O) groups is 1. The number of halogens is 1. The Morgan fingerprint density at radius 3 is 2.50 bits per heavy atom. The van der Waals surface area contributed by atoms with Crippen LogP contribution in [0.2, 0.25) is 0 Å². The number of hydrogen-bond donors (Lipinski definition) is 2. The number of benzene rings is 1. The van der Waals surface area contributed by atoms with Gasteiger partial charge in [-0.05, 0) is 41.9 Å². The highest BCUT2D eigenvalue weighted by Crippen LogP contribution is 2.07. The number of aromatic hydroxyl groups is 1. The fourth-order valence-electron chi connectivity index (χ4n) is 1.84. The van der Waals surface area contributed by atoms with Gasteiger partial charge in [0.1, 0.15) is 11.4 Å². The first-order valence-corrected chi connectivity index (χ1v) is 7.23. The standard InChI is InChI=1S/C17H18N2O4.ClH/c1-3-22-17(21)14-6-4-13(5-7-14)11-23-19-12(2)16-9-8-15(20)10-18-16;/h4-10,20H,3,11H2,1-2H3;1H. The van der Waals surface area contributed by atoms with E-state index in [9.17, 15) is 9.90 Å². The molecular formula is C17H19ClN2O4. The highest BCUT2D eigenvalue weighted by molar-refractivity contribution is 5.92. The molecule has 1 aromatic carbocycles. The van der Waals surface area contributed by atoms with Crippen molar-refractivity contribution in [3.05, 3.63) is 59.4 Å². The highest BCUT2D eigenvalue weighted by atomic mass is 35.5. The van der Waals surface area contributed by atoms with Crippen molar-refractivity contribution < 1.29 is 37.0 Å². The minimum absolute atomic E-state index is 0. The minimum Gasteiger partial charge on any atom is -1.00 e. The fraction of sp³-hybridized carbons (Fsp3) is 0.235. The lowest BCUT2D eigenvalue weighted by Crippen LogP contribution is -3.00. The Labute approximate surface area is 146 Å². The zero-order valence-corrected chi connectivity index (χ0v) is 14.2. The van der Waals surface area contributed by atoms with Crippen molar-refractivity contribution in [3.8, 4) is 5.75 Å². The molecule has 2 aromatic rings. The van der Waals surface area contributed by atoms with Crippen molar-refractivity contribution in [3.63, 3.8) is 0 Å². The van der Waals surface area contributed by atoms with Gasteiger partial charge in [0.2, 0.25) is 5.71 Å². The van der Waals surface area contributed by atoms with Gasteiger partial charge in [0.25, 0.3) is 0 Å². The van der Waals surface area contributed by atoms with Crippen LogP contribution in [0, 0.1) is 0 Å². The fourth-order valence-corrected chi connectivity index (χ4v) is 1.84. The molecule has 0 saturated heterocycles. The Bertz CT molecular complexity index is 685. The zero-order chi connectivity index (χ0) is 16.7. The van der Waals surface area contributed by atoms with E-state index in [1.54, 1.807) is 31.2 Å². The monoisotopic (exact) mass is 350 g/mol. The molecule has 0 aliphatic carbocycles. The maximum Gasteiger partial charge on any atom is 0.338 e. The van der Waals surface area contributed by atoms with Gasteiger partial charge in [0.15, 0.2) is 6.61 Å². The molecule has 0 aliphatic rings. The second-order valence-electron chi connectivity index (χ2n) is 4.83. The average Bonchev–Trinajstić information content (AvgIpc) is 2.56. The SMILES string of the molecule is CCOC(=O)c1ccc(CO[NH+]=C(C)c2ccc(O)cn2)cc1.[Cl-]. The molecule has 128 valence electrons. The van der Waals surface area contributed by atoms with Crippen molar-refractivity contribution in [2.24, 2.45) is 0 Å². The summed E-state index contributed by atoms with van der Waals surface area (Å²) in [5.74, 6) is -0.218. The van der Waals surface area contributed by atoms with Crippen molar-refractivity contribution in [1.29, 1.82) is 0 Å². The van der Waals surface area contributed by atoms with Gasteiger partial charge in [-0.15, -0.1) is 0 Å². The van der Waals surface area contributed by atoms with Gasteiger partial charge in [-0.25, -0.2) is 9.78 Å². The summed E-state index contributed by atoms with van der Waals surface area (Å²) >= 11 is 0. The molecule has 6 nitrogen and oxygen atoms in total. The quantitative estimate of drug-likeness (QED) is 0.357. The molecule has 0 unspecified atom stereocenters. The summed E-state index contributed by atoms with van der Waals surface area (Å²) in [6.45, 7) is 4.28. The predicted octanol–water partition coefficient (Wildman–Crippen LogP) is -2.01. The van der Waals surface area contributed by atoms with Crippen molar-refractivity contribution in [2.45, 2.75) is 20.5 Å². The van der Waals surface area contributed by atoms with E-state index in [0.717, 1.165) is 11.3 Å². The van der Waals surface area contributed by atoms with E-state index in [1.165, 1.54) is 6.20 Å². The molecule has 2 rings (SSSR count). The van der Waals surface area contributed by atoms with E-state index in [4.69, 9.17) is 9.57 Å². The largest absolute Gasteiger partial charge is 1.00 e. The molecule has 0 bridgehead atoms. The minimum atomic E-state index is -0.333. The van der Waals surface area contributed by atoms with Crippen LogP contribution in [0.4, 0.5) is 0 Å². The lowest BCUT2D eigenvalue weighted by atomic mass is 10.1. The van der Waals surface area contributed by atoms with Crippen LogP contribution in [0.5, 0.6) is 5.75 Å². The Morgan fingerprint density at radius 2 is 1.92 bits per heavy atom. The second-order valence-corrected chi connectivity index (χ2v) is 4.83. The van der Waals surface area contributed by atoms with E-state index < -0.39 is 0 Å². The number of hydrogen-bond acceptors (Lipinski definition) is 5. The molecule has 0 atom stereocenters. The topological polar surface area (TPSA) is 82.6 Å². The normalized spacial score (nSPS) is 10.7. The molecule has 24 heavy (non-hydrogen) atoms. The summed E-state index contributed by atoms with van der Waals surface area (Å²) in [4.78, 5) is 21.0. The summed E-state index contributed by atoms with van der Waals surface area (Å²) in [6.07, 6.45) is 1.37. The summed E-state index contributed by atoms with van der Waals surface area (Å²) in [6, 6.07) is 10.3. The van der Waals surface area contributed by atoms with Crippen LogP contribution in [0.25, 0.3) is 0 Å². The number of ether oxygens (including phenoxy) is 1. The maximum atomic E-state index is 11.5. The first-order chi connectivity index (χ1) is 11.1. The first-order valence-electron chi connectivity index (χ1n) is 7.23. The molecular weight excluding hydrogens is 332 g/mol. The number of nitrogens with zero attached hydrogens (tertiary/aromatic N) is 1. The Kier molecular flexibility index (Phi) is 7.71. The van der Waals surface area contributed by atoms with E-state index >= 15 is 0 Å². The van der Waals surface area contributed by atoms with Gasteiger partial charge in [0, 0.05) is 6.92 Å². The number of aromatic nitrogens is 1. The third kappa shape index (κ3) is 5.55. The third-order valence-electron chi connectivity index (χ3n) is 3.06. The number of pyridine rings is 1. The van der Waals surface area contributed by atoms with Crippen LogP contribution in [0.3, 0.4) is 0 Å². The second kappa shape index (κ2) is 9.52. The Hall–Kier alpha value is -2.60. The van der Waals surface area contributed by atoms with Crippen molar-refractivity contribution in [1.82, 2.24) is 4.98 Å². The molecule has 2 N–H and O–H groups in total. The Morgan fingerprint density at radius 1 is 1.21 bits per heavy atom. The van der Waals surface area contributed by atoms with E-state index in [1.807, 2.05) is 19.1 Å². The molecule has 1 heterocycles. The van der Waals surface area contributed by atoms with Crippen LogP contribution in [0.15, 0.2) is 42.6 Å². The maximum absolute atomic E-state index is 11.5. The summed E-state index contributed by atoms with van der Waals surface area (Å²) in [7, 11) is 0. The summed E-state index contributed by atoms with van der Waals surface area (Å²) in [5, 5.41) is 12.0. The molecule has 0 saturated carbocycles. The van der Waals surface area contributed by atoms with Crippen LogP contribution >= 0.6 is 0 Å². The number of carbonyl (C=O) groups excluding carboxylic acids is 1. The van der Waals surface area contributed by atoms with Crippen LogP contribution in [-0.4, -0.2) is 28.4 Å².